The number of anilines is 2. The van der Waals surface area contributed by atoms with Crippen LogP contribution < -0.4 is 10.6 Å². The first kappa shape index (κ1) is 15.8. The van der Waals surface area contributed by atoms with Crippen molar-refractivity contribution in [3.8, 4) is 5.95 Å². The van der Waals surface area contributed by atoms with E-state index >= 15 is 0 Å². The fourth-order valence-electron chi connectivity index (χ4n) is 3.16. The third kappa shape index (κ3) is 2.79. The summed E-state index contributed by atoms with van der Waals surface area (Å²) in [6.07, 6.45) is 0. The second-order valence-electron chi connectivity index (χ2n) is 6.08. The monoisotopic (exact) mass is 340 g/mol. The molecule has 1 fully saturated rings. The Balaban J connectivity index is 1.86. The van der Waals surface area contributed by atoms with Gasteiger partial charge in [-0.2, -0.15) is 9.97 Å². The van der Waals surface area contributed by atoms with Crippen molar-refractivity contribution in [3.63, 3.8) is 0 Å². The number of imidazole rings is 1. The number of hydrogen-bond acceptors (Lipinski definition) is 7. The Kier molecular flexibility index (Phi) is 3.98. The molecule has 1 saturated heterocycles. The lowest BCUT2D eigenvalue weighted by Gasteiger charge is -2.34. The van der Waals surface area contributed by atoms with Gasteiger partial charge in [0.15, 0.2) is 0 Å². The molecule has 130 valence electrons. The minimum absolute atomic E-state index is 0.202. The van der Waals surface area contributed by atoms with Crippen LogP contribution in [0.4, 0.5) is 11.6 Å². The summed E-state index contributed by atoms with van der Waals surface area (Å²) in [5, 5.41) is 9.71. The highest BCUT2D eigenvalue weighted by Gasteiger charge is 2.22. The average molecular weight is 340 g/mol. The summed E-state index contributed by atoms with van der Waals surface area (Å²) in [6.45, 7) is 3.92. The van der Waals surface area contributed by atoms with Gasteiger partial charge >= 0.3 is 0 Å². The molecule has 1 aliphatic rings. The lowest BCUT2D eigenvalue weighted by atomic mass is 10.2. The van der Waals surface area contributed by atoms with Crippen molar-refractivity contribution < 1.29 is 9.84 Å². The second kappa shape index (κ2) is 6.30. The summed E-state index contributed by atoms with van der Waals surface area (Å²) in [5.41, 5.74) is 7.66. The number of nitrogens with zero attached hydrogens (tertiary/aromatic N) is 5. The third-order valence-electron chi connectivity index (χ3n) is 4.35. The van der Waals surface area contributed by atoms with Gasteiger partial charge < -0.3 is 20.5 Å². The Labute approximate surface area is 144 Å². The van der Waals surface area contributed by atoms with Crippen LogP contribution in [0.25, 0.3) is 17.0 Å². The van der Waals surface area contributed by atoms with Crippen molar-refractivity contribution >= 4 is 22.7 Å². The summed E-state index contributed by atoms with van der Waals surface area (Å²) in [4.78, 5) is 15.7. The Morgan fingerprint density at radius 2 is 2.12 bits per heavy atom. The van der Waals surface area contributed by atoms with E-state index in [0.717, 1.165) is 23.4 Å². The van der Waals surface area contributed by atoms with Crippen LogP contribution in [0.3, 0.4) is 0 Å². The van der Waals surface area contributed by atoms with Gasteiger partial charge in [-0.25, -0.2) is 4.98 Å². The van der Waals surface area contributed by atoms with Crippen molar-refractivity contribution in [1.29, 1.82) is 0 Å². The van der Waals surface area contributed by atoms with Crippen molar-refractivity contribution in [2.24, 2.45) is 0 Å². The lowest BCUT2D eigenvalue weighted by molar-refractivity contribution is 0.0985. The molecule has 8 nitrogen and oxygen atoms in total. The maximum Gasteiger partial charge on any atom is 0.239 e. The van der Waals surface area contributed by atoms with Crippen molar-refractivity contribution in [2.45, 2.75) is 19.6 Å². The van der Waals surface area contributed by atoms with E-state index < -0.39 is 0 Å². The highest BCUT2D eigenvalue weighted by molar-refractivity contribution is 5.77. The number of aliphatic hydroxyl groups excluding tert-OH is 1. The smallest absolute Gasteiger partial charge is 0.239 e. The van der Waals surface area contributed by atoms with E-state index in [1.54, 1.807) is 10.6 Å². The zero-order chi connectivity index (χ0) is 17.4. The Morgan fingerprint density at radius 3 is 2.92 bits per heavy atom. The molecular formula is C17H20N6O2. The predicted octanol–water partition coefficient (Wildman–Crippen LogP) is 1.12. The van der Waals surface area contributed by atoms with Crippen molar-refractivity contribution in [3.05, 3.63) is 36.2 Å². The number of hydrogen-bond donors (Lipinski definition) is 2. The number of aromatic nitrogens is 4. The molecule has 2 aromatic heterocycles. The summed E-state index contributed by atoms with van der Waals surface area (Å²) >= 11 is 0. The van der Waals surface area contributed by atoms with Crippen LogP contribution in [0.2, 0.25) is 0 Å². The summed E-state index contributed by atoms with van der Waals surface area (Å²) in [7, 11) is 0. The minimum Gasteiger partial charge on any atom is -0.388 e. The molecule has 1 unspecified atom stereocenters. The van der Waals surface area contributed by atoms with Crippen molar-refractivity contribution in [2.75, 3.05) is 30.4 Å². The van der Waals surface area contributed by atoms with E-state index in [9.17, 15) is 5.11 Å². The van der Waals surface area contributed by atoms with Gasteiger partial charge in [-0.1, -0.05) is 12.1 Å². The molecular weight excluding hydrogens is 320 g/mol. The fraction of sp³-hybridized carbons (Fsp3) is 0.353. The summed E-state index contributed by atoms with van der Waals surface area (Å²) < 4.78 is 7.25. The maximum atomic E-state index is 9.71. The molecule has 25 heavy (non-hydrogen) atoms. The van der Waals surface area contributed by atoms with Crippen LogP contribution >= 0.6 is 0 Å². The number of ether oxygens (including phenoxy) is 1. The van der Waals surface area contributed by atoms with Crippen LogP contribution in [0, 0.1) is 0 Å². The number of benzene rings is 1. The van der Waals surface area contributed by atoms with Crippen molar-refractivity contribution in [1.82, 2.24) is 19.5 Å². The standard InChI is InChI=1S/C17H20N6O2/c1-11-10-25-7-6-22(11)15-8-14(18)20-17(21-15)23-13-5-3-2-4-12(13)19-16(23)9-24/h2-5,8,11,24H,6-7,9-10H2,1H3,(H2,18,20,21). The lowest BCUT2D eigenvalue weighted by Crippen LogP contribution is -2.44. The van der Waals surface area contributed by atoms with Gasteiger partial charge in [0.05, 0.1) is 30.3 Å². The molecule has 1 atom stereocenters. The Bertz CT molecular complexity index is 909. The molecule has 0 spiro atoms. The number of fused-ring (bicyclic) bond motifs is 1. The van der Waals surface area contributed by atoms with E-state index in [4.69, 9.17) is 15.5 Å². The van der Waals surface area contributed by atoms with Gasteiger partial charge in [0.1, 0.15) is 24.1 Å². The molecule has 1 aliphatic heterocycles. The first-order chi connectivity index (χ1) is 12.2. The molecule has 3 N–H and O–H groups in total. The second-order valence-corrected chi connectivity index (χ2v) is 6.08. The van der Waals surface area contributed by atoms with Gasteiger partial charge in [0.25, 0.3) is 0 Å². The number of rotatable bonds is 3. The Hall–Kier alpha value is -2.71. The molecule has 0 radical (unpaired) electrons. The van der Waals surface area contributed by atoms with Gasteiger partial charge in [-0.15, -0.1) is 0 Å². The number of nitrogen functional groups attached to an aromatic ring is 1. The Morgan fingerprint density at radius 1 is 1.28 bits per heavy atom. The molecule has 0 aliphatic carbocycles. The molecule has 1 aromatic carbocycles. The SMILES string of the molecule is CC1COCCN1c1cc(N)nc(-n2c(CO)nc3ccccc32)n1. The minimum atomic E-state index is -0.212. The normalized spacial score (nSPS) is 18.0. The zero-order valence-corrected chi connectivity index (χ0v) is 14.0. The molecule has 0 saturated carbocycles. The topological polar surface area (TPSA) is 102 Å². The van der Waals surface area contributed by atoms with E-state index in [1.807, 2.05) is 24.3 Å². The number of para-hydroxylation sites is 2. The molecule has 8 heteroatoms. The number of aliphatic hydroxyl groups is 1. The van der Waals surface area contributed by atoms with Crippen LogP contribution in [-0.4, -0.2) is 50.4 Å². The van der Waals surface area contributed by atoms with E-state index in [-0.39, 0.29) is 12.6 Å². The fourth-order valence-corrected chi connectivity index (χ4v) is 3.16. The molecule has 0 amide bonds. The first-order valence-corrected chi connectivity index (χ1v) is 8.24. The quantitative estimate of drug-likeness (QED) is 0.736. The first-order valence-electron chi connectivity index (χ1n) is 8.24. The number of morpholine rings is 1. The average Bonchev–Trinajstić information content (AvgIpc) is 3.00. The van der Waals surface area contributed by atoms with E-state index in [1.165, 1.54) is 0 Å². The highest BCUT2D eigenvalue weighted by Crippen LogP contribution is 2.24. The summed E-state index contributed by atoms with van der Waals surface area (Å²) in [5.74, 6) is 2.01. The highest BCUT2D eigenvalue weighted by atomic mass is 16.5. The van der Waals surface area contributed by atoms with Gasteiger partial charge in [0.2, 0.25) is 5.95 Å². The van der Waals surface area contributed by atoms with Crippen LogP contribution in [0.1, 0.15) is 12.7 Å². The number of nitrogens with two attached hydrogens (primary N) is 1. The van der Waals surface area contributed by atoms with Crippen LogP contribution in [0.15, 0.2) is 30.3 Å². The summed E-state index contributed by atoms with van der Waals surface area (Å²) in [6, 6.07) is 9.60. The third-order valence-corrected chi connectivity index (χ3v) is 4.35. The predicted molar refractivity (Wildman–Crippen MR) is 94.6 cm³/mol. The molecule has 4 rings (SSSR count). The van der Waals surface area contributed by atoms with Gasteiger partial charge in [0, 0.05) is 12.6 Å². The van der Waals surface area contributed by atoms with Gasteiger partial charge in [-0.3, -0.25) is 4.57 Å². The molecule has 3 aromatic rings. The molecule has 3 heterocycles. The van der Waals surface area contributed by atoms with Crippen LogP contribution in [0.5, 0.6) is 0 Å². The molecule has 0 bridgehead atoms. The van der Waals surface area contributed by atoms with Gasteiger partial charge in [-0.05, 0) is 19.1 Å². The largest absolute Gasteiger partial charge is 0.388 e. The zero-order valence-electron chi connectivity index (χ0n) is 14.0. The van der Waals surface area contributed by atoms with E-state index in [2.05, 4.69) is 21.8 Å². The van der Waals surface area contributed by atoms with E-state index in [0.29, 0.717) is 30.8 Å². The maximum absolute atomic E-state index is 9.71. The van der Waals surface area contributed by atoms with Crippen LogP contribution in [-0.2, 0) is 11.3 Å².